The van der Waals surface area contributed by atoms with E-state index in [1.54, 1.807) is 6.07 Å². The Bertz CT molecular complexity index is 520. The molecule has 1 rings (SSSR count). The summed E-state index contributed by atoms with van der Waals surface area (Å²) in [5.41, 5.74) is 0.805. The van der Waals surface area contributed by atoms with Crippen LogP contribution in [0.15, 0.2) is 18.2 Å². The molecule has 0 bridgehead atoms. The highest BCUT2D eigenvalue weighted by molar-refractivity contribution is 5.72. The smallest absolute Gasteiger partial charge is 0.317 e. The topological polar surface area (TPSA) is 50.1 Å². The van der Waals surface area contributed by atoms with Gasteiger partial charge in [0.05, 0.1) is 25.2 Å². The van der Waals surface area contributed by atoms with Crippen LogP contribution in [0.1, 0.15) is 17.5 Å². The van der Waals surface area contributed by atoms with Crippen LogP contribution in [0, 0.1) is 29.0 Å². The average Bonchev–Trinajstić information content (AvgIpc) is 2.32. The number of ether oxygens (including phenoxy) is 1. The fourth-order valence-electron chi connectivity index (χ4n) is 1.14. The maximum atomic E-state index is 13.5. The van der Waals surface area contributed by atoms with Gasteiger partial charge in [-0.1, -0.05) is 17.9 Å². The highest BCUT2D eigenvalue weighted by Crippen LogP contribution is 2.09. The van der Waals surface area contributed by atoms with Crippen molar-refractivity contribution in [1.29, 1.82) is 5.26 Å². The van der Waals surface area contributed by atoms with E-state index in [9.17, 15) is 9.18 Å². The van der Waals surface area contributed by atoms with Crippen molar-refractivity contribution in [2.75, 3.05) is 7.11 Å². The average molecular weight is 231 g/mol. The van der Waals surface area contributed by atoms with Gasteiger partial charge in [0.2, 0.25) is 0 Å². The Hall–Kier alpha value is -2.33. The quantitative estimate of drug-likeness (QED) is 0.576. The van der Waals surface area contributed by atoms with E-state index < -0.39 is 11.8 Å². The molecule has 0 aliphatic rings. The number of esters is 1. The molecule has 0 heterocycles. The Kier molecular flexibility index (Phi) is 4.72. The second-order valence-corrected chi connectivity index (χ2v) is 3.20. The molecule has 3 nitrogen and oxygen atoms in total. The van der Waals surface area contributed by atoms with Crippen LogP contribution in [0.2, 0.25) is 0 Å². The first-order valence-electron chi connectivity index (χ1n) is 4.88. The van der Waals surface area contributed by atoms with E-state index in [2.05, 4.69) is 16.6 Å². The zero-order chi connectivity index (χ0) is 12.7. The molecular formula is C13H10FNO2. The molecule has 86 valence electrons. The minimum atomic E-state index is -0.491. The van der Waals surface area contributed by atoms with E-state index in [1.807, 2.05) is 6.07 Å². The van der Waals surface area contributed by atoms with Crippen molar-refractivity contribution in [2.24, 2.45) is 0 Å². The predicted molar refractivity (Wildman–Crippen MR) is 59.2 cm³/mol. The van der Waals surface area contributed by atoms with Crippen molar-refractivity contribution < 1.29 is 13.9 Å². The van der Waals surface area contributed by atoms with Crippen LogP contribution in [0.4, 0.5) is 4.39 Å². The molecule has 0 fully saturated rings. The standard InChI is InChI=1S/C13H10FNO2/c1-17-13(16)4-2-3-11-6-5-10(7-8-15)9-12(11)14/h5-6,9H,4,7H2,1H3. The van der Waals surface area contributed by atoms with Gasteiger partial charge >= 0.3 is 5.97 Å². The third kappa shape index (κ3) is 3.96. The Balaban J connectivity index is 2.79. The third-order valence-electron chi connectivity index (χ3n) is 2.00. The number of hydrogen-bond acceptors (Lipinski definition) is 3. The summed E-state index contributed by atoms with van der Waals surface area (Å²) in [6.45, 7) is 0. The molecule has 4 heteroatoms. The van der Waals surface area contributed by atoms with Crippen LogP contribution in [-0.2, 0) is 16.0 Å². The molecule has 0 unspecified atom stereocenters. The number of benzene rings is 1. The second kappa shape index (κ2) is 6.30. The Morgan fingerprint density at radius 3 is 2.88 bits per heavy atom. The molecule has 1 aromatic rings. The van der Waals surface area contributed by atoms with Gasteiger partial charge in [0.25, 0.3) is 0 Å². The van der Waals surface area contributed by atoms with E-state index in [-0.39, 0.29) is 18.4 Å². The van der Waals surface area contributed by atoms with Crippen molar-refractivity contribution >= 4 is 5.97 Å². The number of nitriles is 1. The lowest BCUT2D eigenvalue weighted by molar-refractivity contribution is -0.139. The number of rotatable bonds is 2. The summed E-state index contributed by atoms with van der Waals surface area (Å²) in [6, 6.07) is 6.33. The number of methoxy groups -OCH3 is 1. The summed E-state index contributed by atoms with van der Waals surface area (Å²) in [6.07, 6.45) is 0.0860. The van der Waals surface area contributed by atoms with Crippen LogP contribution in [0.25, 0.3) is 0 Å². The van der Waals surface area contributed by atoms with Gasteiger partial charge < -0.3 is 4.74 Å². The Labute approximate surface area is 98.8 Å². The summed E-state index contributed by atoms with van der Waals surface area (Å²) >= 11 is 0. The maximum Gasteiger partial charge on any atom is 0.317 e. The molecule has 0 radical (unpaired) electrons. The normalized spacial score (nSPS) is 8.76. The molecule has 1 aromatic carbocycles. The highest BCUT2D eigenvalue weighted by atomic mass is 19.1. The molecule has 0 saturated heterocycles. The van der Waals surface area contributed by atoms with Crippen molar-refractivity contribution in [2.45, 2.75) is 12.8 Å². The van der Waals surface area contributed by atoms with Crippen LogP contribution in [0.5, 0.6) is 0 Å². The minimum Gasteiger partial charge on any atom is -0.468 e. The van der Waals surface area contributed by atoms with Gasteiger partial charge in [-0.25, -0.2) is 4.39 Å². The zero-order valence-electron chi connectivity index (χ0n) is 9.29. The fourth-order valence-corrected chi connectivity index (χ4v) is 1.14. The monoisotopic (exact) mass is 231 g/mol. The van der Waals surface area contributed by atoms with Crippen molar-refractivity contribution in [3.63, 3.8) is 0 Å². The van der Waals surface area contributed by atoms with Crippen molar-refractivity contribution in [1.82, 2.24) is 0 Å². The molecule has 0 amide bonds. The van der Waals surface area contributed by atoms with E-state index in [4.69, 9.17) is 5.26 Å². The molecule has 0 aromatic heterocycles. The first-order valence-corrected chi connectivity index (χ1v) is 4.88. The van der Waals surface area contributed by atoms with Gasteiger partial charge in [-0.2, -0.15) is 5.26 Å². The number of hydrogen-bond donors (Lipinski definition) is 0. The second-order valence-electron chi connectivity index (χ2n) is 3.20. The number of carbonyl (C=O) groups excluding carboxylic acids is 1. The summed E-state index contributed by atoms with van der Waals surface area (Å²) in [5.74, 6) is 4.10. The maximum absolute atomic E-state index is 13.5. The van der Waals surface area contributed by atoms with Gasteiger partial charge in [0, 0.05) is 0 Å². The van der Waals surface area contributed by atoms with Crippen molar-refractivity contribution in [3.05, 3.63) is 35.1 Å². The first-order chi connectivity index (χ1) is 8.17. The van der Waals surface area contributed by atoms with E-state index in [1.165, 1.54) is 19.2 Å². The van der Waals surface area contributed by atoms with Gasteiger partial charge in [-0.05, 0) is 17.7 Å². The number of halogens is 1. The SMILES string of the molecule is COC(=O)CC#Cc1ccc(CC#N)cc1F. The lowest BCUT2D eigenvalue weighted by atomic mass is 10.1. The van der Waals surface area contributed by atoms with Gasteiger partial charge in [-0.3, -0.25) is 4.79 Å². The summed E-state index contributed by atoms with van der Waals surface area (Å²) in [5, 5.41) is 8.46. The largest absolute Gasteiger partial charge is 0.468 e. The molecule has 0 aliphatic carbocycles. The van der Waals surface area contributed by atoms with Crippen molar-refractivity contribution in [3.8, 4) is 17.9 Å². The van der Waals surface area contributed by atoms with Crippen LogP contribution >= 0.6 is 0 Å². The fraction of sp³-hybridized carbons (Fsp3) is 0.231. The molecule has 17 heavy (non-hydrogen) atoms. The van der Waals surface area contributed by atoms with Crippen LogP contribution < -0.4 is 0 Å². The van der Waals surface area contributed by atoms with Crippen LogP contribution in [0.3, 0.4) is 0 Å². The molecule has 0 atom stereocenters. The third-order valence-corrected chi connectivity index (χ3v) is 2.00. The van der Waals surface area contributed by atoms with E-state index >= 15 is 0 Å². The molecule has 0 saturated carbocycles. The highest BCUT2D eigenvalue weighted by Gasteiger charge is 2.01. The molecule has 0 aliphatic heterocycles. The molecule has 0 N–H and O–H groups in total. The summed E-state index contributed by atoms with van der Waals surface area (Å²) in [7, 11) is 1.27. The van der Waals surface area contributed by atoms with E-state index in [0.29, 0.717) is 5.56 Å². The Morgan fingerprint density at radius 2 is 2.29 bits per heavy atom. The summed E-state index contributed by atoms with van der Waals surface area (Å²) < 4.78 is 17.8. The van der Waals surface area contributed by atoms with E-state index in [0.717, 1.165) is 0 Å². The lowest BCUT2D eigenvalue weighted by Gasteiger charge is -1.97. The lowest BCUT2D eigenvalue weighted by Crippen LogP contribution is -1.97. The van der Waals surface area contributed by atoms with Gasteiger partial charge in [-0.15, -0.1) is 0 Å². The predicted octanol–water partition coefficient (Wildman–Crippen LogP) is 1.81. The molecular weight excluding hydrogens is 221 g/mol. The number of nitrogens with zero attached hydrogens (tertiary/aromatic N) is 1. The van der Waals surface area contributed by atoms with Gasteiger partial charge in [0.15, 0.2) is 0 Å². The minimum absolute atomic E-state index is 0.0735. The molecule has 0 spiro atoms. The Morgan fingerprint density at radius 1 is 1.53 bits per heavy atom. The summed E-state index contributed by atoms with van der Waals surface area (Å²) in [4.78, 5) is 10.8. The van der Waals surface area contributed by atoms with Gasteiger partial charge in [0.1, 0.15) is 12.2 Å². The zero-order valence-corrected chi connectivity index (χ0v) is 9.29. The van der Waals surface area contributed by atoms with Crippen LogP contribution in [-0.4, -0.2) is 13.1 Å². The number of carbonyl (C=O) groups is 1. The first kappa shape index (κ1) is 12.7.